The SMILES string of the molecule is Cc1ccc(C2CCN(C(=O)C3CC4(CCCN4)C3)CC2)cc1C(F)(F)F. The van der Waals surface area contributed by atoms with Crippen molar-refractivity contribution in [3.05, 3.63) is 34.9 Å². The summed E-state index contributed by atoms with van der Waals surface area (Å²) in [6.07, 6.45) is 1.42. The highest BCUT2D eigenvalue weighted by atomic mass is 19.4. The number of amides is 1. The predicted molar refractivity (Wildman–Crippen MR) is 97.4 cm³/mol. The van der Waals surface area contributed by atoms with Gasteiger partial charge in [-0.05, 0) is 75.1 Å². The molecule has 4 rings (SSSR count). The van der Waals surface area contributed by atoms with Crippen molar-refractivity contribution in [3.8, 4) is 0 Å². The molecule has 148 valence electrons. The lowest BCUT2D eigenvalue weighted by atomic mass is 9.67. The summed E-state index contributed by atoms with van der Waals surface area (Å²) < 4.78 is 39.5. The minimum absolute atomic E-state index is 0.0972. The molecule has 2 saturated heterocycles. The fourth-order valence-corrected chi connectivity index (χ4v) is 5.17. The van der Waals surface area contributed by atoms with Crippen LogP contribution in [0.3, 0.4) is 0 Å². The maximum atomic E-state index is 13.2. The number of carbonyl (C=O) groups excluding carboxylic acids is 1. The molecule has 1 N–H and O–H groups in total. The van der Waals surface area contributed by atoms with Crippen LogP contribution in [-0.4, -0.2) is 36.0 Å². The zero-order chi connectivity index (χ0) is 19.2. The van der Waals surface area contributed by atoms with Crippen LogP contribution in [0.5, 0.6) is 0 Å². The molecule has 2 heterocycles. The minimum Gasteiger partial charge on any atom is -0.342 e. The van der Waals surface area contributed by atoms with Crippen LogP contribution in [-0.2, 0) is 11.0 Å². The molecule has 1 spiro atoms. The molecule has 2 aliphatic heterocycles. The van der Waals surface area contributed by atoms with E-state index in [4.69, 9.17) is 0 Å². The molecular formula is C21H27F3N2O. The van der Waals surface area contributed by atoms with Gasteiger partial charge in [0.1, 0.15) is 0 Å². The highest BCUT2D eigenvalue weighted by molar-refractivity contribution is 5.80. The summed E-state index contributed by atoms with van der Waals surface area (Å²) in [5, 5.41) is 3.55. The fraction of sp³-hybridized carbons (Fsp3) is 0.667. The van der Waals surface area contributed by atoms with Crippen molar-refractivity contribution < 1.29 is 18.0 Å². The van der Waals surface area contributed by atoms with Crippen LogP contribution in [0.4, 0.5) is 13.2 Å². The largest absolute Gasteiger partial charge is 0.416 e. The second-order valence-electron chi connectivity index (χ2n) is 8.59. The molecule has 0 aromatic heterocycles. The summed E-state index contributed by atoms with van der Waals surface area (Å²) in [6, 6.07) is 4.69. The van der Waals surface area contributed by atoms with Gasteiger partial charge in [0.05, 0.1) is 5.56 Å². The first-order valence-electron chi connectivity index (χ1n) is 9.99. The number of aryl methyl sites for hydroxylation is 1. The standard InChI is InChI=1S/C21H27F3N2O/c1-14-3-4-16(11-18(14)21(22,23)24)15-5-9-26(10-6-15)19(27)17-12-20(13-17)7-2-8-25-20/h3-4,11,15,17,25H,2,5-10,12-13H2,1H3. The first kappa shape index (κ1) is 18.8. The molecule has 0 radical (unpaired) electrons. The maximum absolute atomic E-state index is 13.2. The van der Waals surface area contributed by atoms with E-state index < -0.39 is 11.7 Å². The van der Waals surface area contributed by atoms with Crippen LogP contribution in [0.25, 0.3) is 0 Å². The zero-order valence-electron chi connectivity index (χ0n) is 15.7. The van der Waals surface area contributed by atoms with E-state index in [0.29, 0.717) is 13.1 Å². The molecule has 1 aromatic carbocycles. The van der Waals surface area contributed by atoms with E-state index in [1.165, 1.54) is 25.8 Å². The number of likely N-dealkylation sites (tertiary alicyclic amines) is 1. The molecule has 6 heteroatoms. The molecule has 0 bridgehead atoms. The molecular weight excluding hydrogens is 353 g/mol. The average Bonchev–Trinajstić information content (AvgIpc) is 3.10. The Bertz CT molecular complexity index is 709. The molecule has 1 saturated carbocycles. The number of benzene rings is 1. The maximum Gasteiger partial charge on any atom is 0.416 e. The van der Waals surface area contributed by atoms with E-state index in [0.717, 1.165) is 37.8 Å². The Morgan fingerprint density at radius 2 is 1.93 bits per heavy atom. The lowest BCUT2D eigenvalue weighted by molar-refractivity contribution is -0.142. The molecule has 0 unspecified atom stereocenters. The number of halogens is 3. The van der Waals surface area contributed by atoms with Crippen molar-refractivity contribution in [1.29, 1.82) is 0 Å². The van der Waals surface area contributed by atoms with Gasteiger partial charge >= 0.3 is 6.18 Å². The van der Waals surface area contributed by atoms with Crippen LogP contribution in [0.15, 0.2) is 18.2 Å². The zero-order valence-corrected chi connectivity index (χ0v) is 15.7. The van der Waals surface area contributed by atoms with Crippen molar-refractivity contribution in [1.82, 2.24) is 10.2 Å². The summed E-state index contributed by atoms with van der Waals surface area (Å²) in [7, 11) is 0. The Balaban J connectivity index is 1.35. The number of alkyl halides is 3. The molecule has 3 aliphatic rings. The summed E-state index contributed by atoms with van der Waals surface area (Å²) in [4.78, 5) is 14.7. The van der Waals surface area contributed by atoms with E-state index >= 15 is 0 Å². The summed E-state index contributed by atoms with van der Waals surface area (Å²) in [5.74, 6) is 0.469. The lowest BCUT2D eigenvalue weighted by Gasteiger charge is -2.47. The van der Waals surface area contributed by atoms with Gasteiger partial charge < -0.3 is 10.2 Å². The van der Waals surface area contributed by atoms with Gasteiger partial charge in [-0.25, -0.2) is 0 Å². The Morgan fingerprint density at radius 3 is 2.52 bits per heavy atom. The summed E-state index contributed by atoms with van der Waals surface area (Å²) in [6.45, 7) is 3.85. The Hall–Kier alpha value is -1.56. The van der Waals surface area contributed by atoms with E-state index in [1.54, 1.807) is 6.07 Å². The van der Waals surface area contributed by atoms with Gasteiger partial charge in [0.15, 0.2) is 0 Å². The molecule has 27 heavy (non-hydrogen) atoms. The van der Waals surface area contributed by atoms with Gasteiger partial charge in [-0.1, -0.05) is 12.1 Å². The highest BCUT2D eigenvalue weighted by Gasteiger charge is 2.49. The van der Waals surface area contributed by atoms with Crippen LogP contribution in [0, 0.1) is 12.8 Å². The number of hydrogen-bond acceptors (Lipinski definition) is 2. The van der Waals surface area contributed by atoms with Gasteiger partial charge in [0.25, 0.3) is 0 Å². The van der Waals surface area contributed by atoms with Gasteiger partial charge in [-0.3, -0.25) is 4.79 Å². The van der Waals surface area contributed by atoms with Crippen molar-refractivity contribution >= 4 is 5.91 Å². The van der Waals surface area contributed by atoms with Gasteiger partial charge in [0, 0.05) is 24.5 Å². The van der Waals surface area contributed by atoms with Gasteiger partial charge in [-0.15, -0.1) is 0 Å². The Labute approximate surface area is 158 Å². The van der Waals surface area contributed by atoms with Crippen LogP contribution >= 0.6 is 0 Å². The smallest absolute Gasteiger partial charge is 0.342 e. The first-order valence-corrected chi connectivity index (χ1v) is 9.99. The molecule has 3 nitrogen and oxygen atoms in total. The van der Waals surface area contributed by atoms with E-state index in [9.17, 15) is 18.0 Å². The Kier molecular flexibility index (Phi) is 4.73. The number of nitrogens with one attached hydrogen (secondary N) is 1. The number of nitrogens with zero attached hydrogens (tertiary/aromatic N) is 1. The minimum atomic E-state index is -4.31. The quantitative estimate of drug-likeness (QED) is 0.832. The third-order valence-corrected chi connectivity index (χ3v) is 6.80. The van der Waals surface area contributed by atoms with Crippen molar-refractivity contribution in [2.24, 2.45) is 5.92 Å². The third-order valence-electron chi connectivity index (χ3n) is 6.80. The molecule has 1 aliphatic carbocycles. The van der Waals surface area contributed by atoms with Gasteiger partial charge in [0.2, 0.25) is 5.91 Å². The Morgan fingerprint density at radius 1 is 1.22 bits per heavy atom. The number of piperidine rings is 1. The third kappa shape index (κ3) is 3.60. The van der Waals surface area contributed by atoms with Crippen LogP contribution in [0.2, 0.25) is 0 Å². The predicted octanol–water partition coefficient (Wildman–Crippen LogP) is 4.25. The monoisotopic (exact) mass is 380 g/mol. The number of rotatable bonds is 2. The molecule has 0 atom stereocenters. The second kappa shape index (κ2) is 6.80. The number of carbonyl (C=O) groups is 1. The van der Waals surface area contributed by atoms with Gasteiger partial charge in [-0.2, -0.15) is 13.2 Å². The highest BCUT2D eigenvalue weighted by Crippen LogP contribution is 2.45. The topological polar surface area (TPSA) is 32.3 Å². The number of hydrogen-bond donors (Lipinski definition) is 1. The van der Waals surface area contributed by atoms with E-state index in [2.05, 4.69) is 5.32 Å². The van der Waals surface area contributed by atoms with E-state index in [-0.39, 0.29) is 28.8 Å². The normalized spacial score (nSPS) is 29.2. The van der Waals surface area contributed by atoms with Crippen LogP contribution in [0.1, 0.15) is 61.1 Å². The van der Waals surface area contributed by atoms with Crippen molar-refractivity contribution in [2.45, 2.75) is 63.1 Å². The molecule has 1 aromatic rings. The fourth-order valence-electron chi connectivity index (χ4n) is 5.17. The van der Waals surface area contributed by atoms with Crippen LogP contribution < -0.4 is 5.32 Å². The van der Waals surface area contributed by atoms with Crippen molar-refractivity contribution in [3.63, 3.8) is 0 Å². The van der Waals surface area contributed by atoms with E-state index in [1.807, 2.05) is 11.0 Å². The van der Waals surface area contributed by atoms with Crippen molar-refractivity contribution in [2.75, 3.05) is 19.6 Å². The summed E-state index contributed by atoms with van der Waals surface area (Å²) >= 11 is 0. The summed E-state index contributed by atoms with van der Waals surface area (Å²) in [5.41, 5.74) is 0.688. The lowest BCUT2D eigenvalue weighted by Crippen LogP contribution is -2.56. The second-order valence-corrected chi connectivity index (χ2v) is 8.59. The average molecular weight is 380 g/mol. The molecule has 3 fully saturated rings. The molecule has 1 amide bonds. The first-order chi connectivity index (χ1) is 12.8.